The first-order valence-electron chi connectivity index (χ1n) is 4.45. The van der Waals surface area contributed by atoms with Gasteiger partial charge < -0.3 is 0 Å². The predicted octanol–water partition coefficient (Wildman–Crippen LogP) is 2.76. The van der Waals surface area contributed by atoms with Crippen LogP contribution >= 0.6 is 22.6 Å². The molecule has 0 bridgehead atoms. The fourth-order valence-corrected chi connectivity index (χ4v) is 1.63. The molecule has 0 atom stereocenters. The summed E-state index contributed by atoms with van der Waals surface area (Å²) < 4.78 is 2.83. The molecule has 0 aliphatic heterocycles. The Morgan fingerprint density at radius 3 is 2.15 bits per heavy atom. The van der Waals surface area contributed by atoms with E-state index in [-0.39, 0.29) is 5.41 Å². The highest BCUT2D eigenvalue weighted by molar-refractivity contribution is 14.1. The van der Waals surface area contributed by atoms with Crippen molar-refractivity contribution in [3.63, 3.8) is 0 Å². The largest absolute Gasteiger partial charge is 0.246 e. The van der Waals surface area contributed by atoms with Gasteiger partial charge in [0.25, 0.3) is 0 Å². The first-order chi connectivity index (χ1) is 5.82. The van der Waals surface area contributed by atoms with Crippen molar-refractivity contribution >= 4 is 22.6 Å². The van der Waals surface area contributed by atoms with Gasteiger partial charge in [-0.15, -0.1) is 5.10 Å². The summed E-state index contributed by atoms with van der Waals surface area (Å²) in [5, 5.41) is 4.37. The van der Waals surface area contributed by atoms with Crippen LogP contribution in [0.25, 0.3) is 0 Å². The third kappa shape index (κ3) is 2.42. The summed E-state index contributed by atoms with van der Waals surface area (Å²) in [5.41, 5.74) is 0.0701. The minimum atomic E-state index is 0.0701. The molecule has 0 saturated heterocycles. The molecule has 1 rings (SSSR count). The highest BCUT2D eigenvalue weighted by Crippen LogP contribution is 2.23. The average molecular weight is 293 g/mol. The third-order valence-electron chi connectivity index (χ3n) is 1.77. The van der Waals surface area contributed by atoms with Crippen LogP contribution in [0.15, 0.2) is 0 Å². The van der Waals surface area contributed by atoms with E-state index in [0.29, 0.717) is 6.04 Å². The summed E-state index contributed by atoms with van der Waals surface area (Å²) >= 11 is 2.16. The van der Waals surface area contributed by atoms with Gasteiger partial charge in [0.05, 0.1) is 0 Å². The average Bonchev–Trinajstić information content (AvgIpc) is 2.29. The molecule has 0 unspecified atom stereocenters. The molecule has 4 heteroatoms. The molecular formula is C9H16IN3. The quantitative estimate of drug-likeness (QED) is 0.745. The molecule has 0 radical (unpaired) electrons. The van der Waals surface area contributed by atoms with Crippen molar-refractivity contribution in [3.8, 4) is 0 Å². The zero-order valence-corrected chi connectivity index (χ0v) is 11.0. The summed E-state index contributed by atoms with van der Waals surface area (Å²) in [4.78, 5) is 4.44. The van der Waals surface area contributed by atoms with Crippen molar-refractivity contribution in [2.45, 2.75) is 46.1 Å². The topological polar surface area (TPSA) is 30.7 Å². The number of rotatable bonds is 1. The molecule has 0 aliphatic rings. The van der Waals surface area contributed by atoms with E-state index in [9.17, 15) is 0 Å². The number of hydrogen-bond acceptors (Lipinski definition) is 2. The van der Waals surface area contributed by atoms with Crippen molar-refractivity contribution in [1.82, 2.24) is 14.8 Å². The van der Waals surface area contributed by atoms with Crippen LogP contribution in [0.4, 0.5) is 0 Å². The number of nitrogens with zero attached hydrogens (tertiary/aromatic N) is 3. The second-order valence-electron chi connectivity index (χ2n) is 4.49. The fourth-order valence-electron chi connectivity index (χ4n) is 1.17. The summed E-state index contributed by atoms with van der Waals surface area (Å²) in [7, 11) is 0. The van der Waals surface area contributed by atoms with E-state index in [1.807, 2.05) is 4.68 Å². The van der Waals surface area contributed by atoms with Crippen LogP contribution in [0.1, 0.15) is 46.5 Å². The van der Waals surface area contributed by atoms with Gasteiger partial charge in [-0.2, -0.15) is 0 Å². The lowest BCUT2D eigenvalue weighted by molar-refractivity contribution is 0.436. The molecule has 0 fully saturated rings. The first kappa shape index (κ1) is 10.9. The van der Waals surface area contributed by atoms with Gasteiger partial charge in [0, 0.05) is 34.0 Å². The van der Waals surface area contributed by atoms with Crippen molar-refractivity contribution in [2.75, 3.05) is 0 Å². The Labute approximate surface area is 93.1 Å². The van der Waals surface area contributed by atoms with Gasteiger partial charge in [-0.25, -0.2) is 9.67 Å². The second-order valence-corrected chi connectivity index (χ2v) is 5.46. The van der Waals surface area contributed by atoms with Crippen molar-refractivity contribution in [1.29, 1.82) is 0 Å². The minimum Gasteiger partial charge on any atom is -0.246 e. The van der Waals surface area contributed by atoms with Crippen molar-refractivity contribution in [2.24, 2.45) is 0 Å². The number of halogens is 1. The number of aromatic nitrogens is 3. The second kappa shape index (κ2) is 3.55. The maximum absolute atomic E-state index is 4.44. The maximum Gasteiger partial charge on any atom is 0.211 e. The third-order valence-corrected chi connectivity index (χ3v) is 2.22. The fraction of sp³-hybridized carbons (Fsp3) is 0.778. The SMILES string of the molecule is CC(C)n1nc(I)nc1C(C)(C)C. The highest BCUT2D eigenvalue weighted by Gasteiger charge is 2.23. The summed E-state index contributed by atoms with van der Waals surface area (Å²) in [6, 6.07) is 0.380. The van der Waals surface area contributed by atoms with E-state index < -0.39 is 0 Å². The van der Waals surface area contributed by atoms with Crippen LogP contribution in [-0.4, -0.2) is 14.8 Å². The minimum absolute atomic E-state index is 0.0701. The van der Waals surface area contributed by atoms with E-state index in [0.717, 1.165) is 9.66 Å². The number of hydrogen-bond donors (Lipinski definition) is 0. The lowest BCUT2D eigenvalue weighted by atomic mass is 9.95. The zero-order chi connectivity index (χ0) is 10.2. The molecule has 0 spiro atoms. The van der Waals surface area contributed by atoms with E-state index in [1.165, 1.54) is 0 Å². The molecule has 13 heavy (non-hydrogen) atoms. The van der Waals surface area contributed by atoms with Crippen molar-refractivity contribution in [3.05, 3.63) is 9.66 Å². The van der Waals surface area contributed by atoms with E-state index in [2.05, 4.69) is 67.3 Å². The lowest BCUT2D eigenvalue weighted by Crippen LogP contribution is -2.20. The molecule has 74 valence electrons. The van der Waals surface area contributed by atoms with Crippen LogP contribution < -0.4 is 0 Å². The summed E-state index contributed by atoms with van der Waals surface area (Å²) in [6.07, 6.45) is 0. The molecule has 1 heterocycles. The molecule has 0 aliphatic carbocycles. The molecule has 1 aromatic heterocycles. The Kier molecular flexibility index (Phi) is 2.99. The standard InChI is InChI=1S/C9H16IN3/c1-6(2)13-7(9(3,4)5)11-8(10)12-13/h6H,1-5H3. The van der Waals surface area contributed by atoms with Crippen LogP contribution in [0.2, 0.25) is 0 Å². The summed E-state index contributed by atoms with van der Waals surface area (Å²) in [6.45, 7) is 10.7. The predicted molar refractivity (Wildman–Crippen MR) is 61.8 cm³/mol. The van der Waals surface area contributed by atoms with Crippen LogP contribution in [0.3, 0.4) is 0 Å². The molecular weight excluding hydrogens is 277 g/mol. The van der Waals surface area contributed by atoms with E-state index in [1.54, 1.807) is 0 Å². The molecule has 0 amide bonds. The monoisotopic (exact) mass is 293 g/mol. The van der Waals surface area contributed by atoms with Crippen molar-refractivity contribution < 1.29 is 0 Å². The van der Waals surface area contributed by atoms with Gasteiger partial charge in [-0.1, -0.05) is 20.8 Å². The van der Waals surface area contributed by atoms with Crippen LogP contribution in [-0.2, 0) is 5.41 Å². The summed E-state index contributed by atoms with van der Waals surface area (Å²) in [5.74, 6) is 1.06. The van der Waals surface area contributed by atoms with Gasteiger partial charge in [0.1, 0.15) is 5.82 Å². The van der Waals surface area contributed by atoms with Gasteiger partial charge >= 0.3 is 0 Å². The Bertz CT molecular complexity index is 296. The Morgan fingerprint density at radius 2 is 1.85 bits per heavy atom. The molecule has 3 nitrogen and oxygen atoms in total. The Hall–Kier alpha value is -0.130. The normalized spacial score (nSPS) is 12.5. The Morgan fingerprint density at radius 1 is 1.31 bits per heavy atom. The molecule has 0 saturated carbocycles. The molecule has 0 N–H and O–H groups in total. The highest BCUT2D eigenvalue weighted by atomic mass is 127. The smallest absolute Gasteiger partial charge is 0.211 e. The van der Waals surface area contributed by atoms with Gasteiger partial charge in [0.2, 0.25) is 3.83 Å². The van der Waals surface area contributed by atoms with Gasteiger partial charge in [-0.05, 0) is 13.8 Å². The van der Waals surface area contributed by atoms with Crippen LogP contribution in [0.5, 0.6) is 0 Å². The maximum atomic E-state index is 4.44. The first-order valence-corrected chi connectivity index (χ1v) is 5.53. The molecule has 1 aromatic rings. The zero-order valence-electron chi connectivity index (χ0n) is 8.80. The van der Waals surface area contributed by atoms with Crippen LogP contribution in [0, 0.1) is 3.83 Å². The van der Waals surface area contributed by atoms with Gasteiger partial charge in [-0.3, -0.25) is 0 Å². The molecule has 0 aromatic carbocycles. The van der Waals surface area contributed by atoms with Gasteiger partial charge in [0.15, 0.2) is 0 Å². The van der Waals surface area contributed by atoms with E-state index >= 15 is 0 Å². The Balaban J connectivity index is 3.20. The van der Waals surface area contributed by atoms with E-state index in [4.69, 9.17) is 0 Å². The lowest BCUT2D eigenvalue weighted by Gasteiger charge is -2.19.